The topological polar surface area (TPSA) is 74.2 Å². The number of methoxy groups -OCH3 is 1. The van der Waals surface area contributed by atoms with Crippen LogP contribution in [0.3, 0.4) is 0 Å². The van der Waals surface area contributed by atoms with Crippen molar-refractivity contribution in [2.45, 2.75) is 12.5 Å². The average molecular weight is 326 g/mol. The van der Waals surface area contributed by atoms with Crippen molar-refractivity contribution in [3.63, 3.8) is 0 Å². The van der Waals surface area contributed by atoms with Gasteiger partial charge in [-0.05, 0) is 30.2 Å². The SMILES string of the molecule is COc1ccc(C=CC(=O)OCCC[Si](O)(OC)OC)cc1. The summed E-state index contributed by atoms with van der Waals surface area (Å²) in [6, 6.07) is 7.64. The van der Waals surface area contributed by atoms with Crippen LogP contribution in [0.5, 0.6) is 5.75 Å². The number of carbonyl (C=O) groups excluding carboxylic acids is 1. The highest BCUT2D eigenvalue weighted by Crippen LogP contribution is 2.13. The van der Waals surface area contributed by atoms with Crippen LogP contribution < -0.4 is 4.74 Å². The second kappa shape index (κ2) is 9.37. The molecule has 0 aliphatic carbocycles. The Bertz CT molecular complexity index is 481. The lowest BCUT2D eigenvalue weighted by Crippen LogP contribution is -2.40. The Morgan fingerprint density at radius 3 is 2.36 bits per heavy atom. The van der Waals surface area contributed by atoms with E-state index in [1.54, 1.807) is 13.2 Å². The summed E-state index contributed by atoms with van der Waals surface area (Å²) in [6.07, 6.45) is 3.50. The first-order valence-electron chi connectivity index (χ1n) is 6.84. The molecule has 6 nitrogen and oxygen atoms in total. The molecule has 122 valence electrons. The van der Waals surface area contributed by atoms with Crippen LogP contribution >= 0.6 is 0 Å². The van der Waals surface area contributed by atoms with Gasteiger partial charge in [0.1, 0.15) is 5.75 Å². The van der Waals surface area contributed by atoms with E-state index in [0.717, 1.165) is 11.3 Å². The first kappa shape index (κ1) is 18.4. The van der Waals surface area contributed by atoms with Crippen LogP contribution in [0.4, 0.5) is 0 Å². The van der Waals surface area contributed by atoms with Crippen molar-refractivity contribution >= 4 is 20.8 Å². The van der Waals surface area contributed by atoms with E-state index in [1.165, 1.54) is 20.3 Å². The summed E-state index contributed by atoms with van der Waals surface area (Å²) < 4.78 is 19.9. The molecule has 0 bridgehead atoms. The van der Waals surface area contributed by atoms with E-state index in [2.05, 4.69) is 0 Å². The third kappa shape index (κ3) is 6.40. The number of hydrogen-bond donors (Lipinski definition) is 1. The zero-order chi connectivity index (χ0) is 16.4. The molecule has 1 N–H and O–H groups in total. The Morgan fingerprint density at radius 1 is 1.18 bits per heavy atom. The molecule has 0 radical (unpaired) electrons. The minimum Gasteiger partial charge on any atom is -0.497 e. The highest BCUT2D eigenvalue weighted by atomic mass is 28.4. The lowest BCUT2D eigenvalue weighted by Gasteiger charge is -2.19. The zero-order valence-corrected chi connectivity index (χ0v) is 14.1. The molecule has 22 heavy (non-hydrogen) atoms. The van der Waals surface area contributed by atoms with Crippen molar-refractivity contribution in [3.05, 3.63) is 35.9 Å². The Balaban J connectivity index is 2.32. The molecular formula is C15H22O6Si. The molecule has 0 fully saturated rings. The molecule has 0 saturated heterocycles. The highest BCUT2D eigenvalue weighted by Gasteiger charge is 2.33. The lowest BCUT2D eigenvalue weighted by molar-refractivity contribution is -0.137. The summed E-state index contributed by atoms with van der Waals surface area (Å²) >= 11 is 0. The first-order valence-corrected chi connectivity index (χ1v) is 8.81. The Hall–Kier alpha value is -1.67. The maximum absolute atomic E-state index is 11.6. The van der Waals surface area contributed by atoms with Crippen LogP contribution in [0.25, 0.3) is 6.08 Å². The lowest BCUT2D eigenvalue weighted by atomic mass is 10.2. The zero-order valence-electron chi connectivity index (χ0n) is 13.1. The summed E-state index contributed by atoms with van der Waals surface area (Å²) in [4.78, 5) is 21.4. The summed E-state index contributed by atoms with van der Waals surface area (Å²) in [7, 11) is 1.33. The maximum atomic E-state index is 11.6. The molecule has 0 aliphatic heterocycles. The molecular weight excluding hydrogens is 304 g/mol. The molecule has 1 aromatic carbocycles. The van der Waals surface area contributed by atoms with Gasteiger partial charge in [-0.3, -0.25) is 0 Å². The van der Waals surface area contributed by atoms with Crippen LogP contribution in [0.1, 0.15) is 12.0 Å². The number of esters is 1. The average Bonchev–Trinajstić information content (AvgIpc) is 2.57. The van der Waals surface area contributed by atoms with Gasteiger partial charge in [-0.1, -0.05) is 12.1 Å². The molecule has 0 saturated carbocycles. The maximum Gasteiger partial charge on any atom is 0.497 e. The second-order valence-corrected chi connectivity index (χ2v) is 7.24. The number of ether oxygens (including phenoxy) is 2. The normalized spacial score (nSPS) is 11.6. The van der Waals surface area contributed by atoms with Crippen molar-refractivity contribution in [2.75, 3.05) is 27.9 Å². The van der Waals surface area contributed by atoms with Crippen molar-refractivity contribution in [3.8, 4) is 5.75 Å². The molecule has 1 rings (SSSR count). The molecule has 7 heteroatoms. The van der Waals surface area contributed by atoms with Gasteiger partial charge >= 0.3 is 14.8 Å². The van der Waals surface area contributed by atoms with Crippen LogP contribution in [0.2, 0.25) is 6.04 Å². The van der Waals surface area contributed by atoms with Crippen LogP contribution in [0, 0.1) is 0 Å². The predicted octanol–water partition coefficient (Wildman–Crippen LogP) is 1.87. The second-order valence-electron chi connectivity index (χ2n) is 4.50. The highest BCUT2D eigenvalue weighted by molar-refractivity contribution is 6.59. The van der Waals surface area contributed by atoms with E-state index in [9.17, 15) is 9.59 Å². The number of rotatable bonds is 9. The van der Waals surface area contributed by atoms with E-state index >= 15 is 0 Å². The van der Waals surface area contributed by atoms with E-state index in [0.29, 0.717) is 12.5 Å². The third-order valence-corrected chi connectivity index (χ3v) is 5.31. The minimum absolute atomic E-state index is 0.202. The van der Waals surface area contributed by atoms with Crippen LogP contribution in [0.15, 0.2) is 30.3 Å². The van der Waals surface area contributed by atoms with Gasteiger partial charge in [-0.15, -0.1) is 0 Å². The Kier molecular flexibility index (Phi) is 7.82. The fraction of sp³-hybridized carbons (Fsp3) is 0.400. The molecule has 0 spiro atoms. The van der Waals surface area contributed by atoms with Gasteiger partial charge in [0.15, 0.2) is 0 Å². The van der Waals surface area contributed by atoms with Gasteiger partial charge in [-0.25, -0.2) is 4.79 Å². The summed E-state index contributed by atoms with van der Waals surface area (Å²) in [5, 5.41) is 0. The van der Waals surface area contributed by atoms with Crippen molar-refractivity contribution < 1.29 is 27.9 Å². The standard InChI is InChI=1S/C15H22O6Si/c1-18-14-8-5-13(6-9-14)7-10-15(16)21-11-4-12-22(17,19-2)20-3/h5-10,17H,4,11-12H2,1-3H3. The van der Waals surface area contributed by atoms with E-state index in [-0.39, 0.29) is 6.61 Å². The van der Waals surface area contributed by atoms with Gasteiger partial charge < -0.3 is 23.1 Å². The summed E-state index contributed by atoms with van der Waals surface area (Å²) in [6.45, 7) is 0.202. The summed E-state index contributed by atoms with van der Waals surface area (Å²) in [5.41, 5.74) is 0.873. The predicted molar refractivity (Wildman–Crippen MR) is 84.4 cm³/mol. The molecule has 1 aromatic rings. The van der Waals surface area contributed by atoms with Crippen LogP contribution in [-0.4, -0.2) is 47.5 Å². The molecule has 0 heterocycles. The van der Waals surface area contributed by atoms with Gasteiger partial charge in [0.05, 0.1) is 13.7 Å². The molecule has 0 atom stereocenters. The molecule has 0 aliphatic rings. The van der Waals surface area contributed by atoms with E-state index < -0.39 is 14.8 Å². The Labute approximate surface area is 131 Å². The monoisotopic (exact) mass is 326 g/mol. The fourth-order valence-electron chi connectivity index (χ4n) is 1.68. The smallest absolute Gasteiger partial charge is 0.497 e. The van der Waals surface area contributed by atoms with Gasteiger partial charge in [0, 0.05) is 26.3 Å². The quantitative estimate of drug-likeness (QED) is 0.323. The molecule has 0 amide bonds. The minimum atomic E-state index is -3.07. The third-order valence-electron chi connectivity index (χ3n) is 3.05. The molecule has 0 aromatic heterocycles. The number of carbonyl (C=O) groups is 1. The van der Waals surface area contributed by atoms with Crippen molar-refractivity contribution in [1.82, 2.24) is 0 Å². The van der Waals surface area contributed by atoms with Gasteiger partial charge in [0.2, 0.25) is 0 Å². The fourth-order valence-corrected chi connectivity index (χ4v) is 2.85. The van der Waals surface area contributed by atoms with Crippen molar-refractivity contribution in [2.24, 2.45) is 0 Å². The first-order chi connectivity index (χ1) is 10.5. The number of benzene rings is 1. The van der Waals surface area contributed by atoms with E-state index in [4.69, 9.17) is 18.3 Å². The Morgan fingerprint density at radius 2 is 1.82 bits per heavy atom. The summed E-state index contributed by atoms with van der Waals surface area (Å²) in [5.74, 6) is 0.323. The largest absolute Gasteiger partial charge is 0.497 e. The van der Waals surface area contributed by atoms with Gasteiger partial charge in [-0.2, -0.15) is 0 Å². The number of hydrogen-bond acceptors (Lipinski definition) is 6. The van der Waals surface area contributed by atoms with Crippen molar-refractivity contribution in [1.29, 1.82) is 0 Å². The van der Waals surface area contributed by atoms with Crippen LogP contribution in [-0.2, 0) is 18.4 Å². The van der Waals surface area contributed by atoms with E-state index in [1.807, 2.05) is 24.3 Å². The van der Waals surface area contributed by atoms with Gasteiger partial charge in [0.25, 0.3) is 0 Å². The molecule has 0 unspecified atom stereocenters.